The van der Waals surface area contributed by atoms with Crippen molar-refractivity contribution in [3.63, 3.8) is 0 Å². The molecule has 0 radical (unpaired) electrons. The Hall–Kier alpha value is -4.85. The van der Waals surface area contributed by atoms with Crippen LogP contribution in [0, 0.1) is 0 Å². The molecule has 1 atom stereocenters. The predicted octanol–water partition coefficient (Wildman–Crippen LogP) is 4.17. The molecule has 44 heavy (non-hydrogen) atoms. The van der Waals surface area contributed by atoms with Crippen molar-refractivity contribution in [2.75, 3.05) is 37.7 Å². The molecule has 0 bridgehead atoms. The molecule has 2 amide bonds. The summed E-state index contributed by atoms with van der Waals surface area (Å²) in [6.07, 6.45) is 4.44. The highest BCUT2D eigenvalue weighted by Gasteiger charge is 2.32. The Morgan fingerprint density at radius 2 is 1.89 bits per heavy atom. The van der Waals surface area contributed by atoms with Gasteiger partial charge in [0.25, 0.3) is 5.91 Å². The summed E-state index contributed by atoms with van der Waals surface area (Å²) in [6.45, 7) is 1.78. The molecule has 14 heteroatoms. The van der Waals surface area contributed by atoms with E-state index in [0.29, 0.717) is 47.8 Å². The zero-order valence-electron chi connectivity index (χ0n) is 23.8. The smallest absolute Gasteiger partial charge is 0.383 e. The predicted molar refractivity (Wildman–Crippen MR) is 157 cm³/mol. The molecule has 4 heterocycles. The fourth-order valence-corrected chi connectivity index (χ4v) is 5.33. The first-order valence-electron chi connectivity index (χ1n) is 14.2. The number of aromatic nitrogens is 5. The van der Waals surface area contributed by atoms with Crippen LogP contribution in [0.25, 0.3) is 22.3 Å². The maximum absolute atomic E-state index is 13.0. The highest BCUT2D eigenvalue weighted by molar-refractivity contribution is 6.04. The number of nitrogen functional groups attached to an aromatic ring is 1. The number of pyridine rings is 1. The van der Waals surface area contributed by atoms with Gasteiger partial charge in [-0.1, -0.05) is 18.2 Å². The summed E-state index contributed by atoms with van der Waals surface area (Å²) >= 11 is 0. The summed E-state index contributed by atoms with van der Waals surface area (Å²) in [5.41, 5.74) is 7.24. The molecule has 11 nitrogen and oxygen atoms in total. The zero-order chi connectivity index (χ0) is 31.0. The van der Waals surface area contributed by atoms with E-state index in [-0.39, 0.29) is 29.1 Å². The van der Waals surface area contributed by atoms with E-state index in [2.05, 4.69) is 32.2 Å². The molecule has 2 aliphatic rings. The molecule has 1 aliphatic carbocycles. The standard InChI is InChI=1S/C30H30F3N9O2/c1-40(21-8-9-21)13-2-3-24(43)41-14-11-22(16-41)42-28-25(27(34)36-17-37-28)26(39-42)18-4-6-19(7-5-18)29(44)38-23-15-20(10-12-35-23)30(31,32)33/h2-7,10,12,15,17,21-22H,8-9,11,13-14,16H2,1H3,(H2,34,36,37)(H,35,38,44)/b3-2+. The molecule has 228 valence electrons. The Bertz CT molecular complexity index is 1730. The lowest BCUT2D eigenvalue weighted by Crippen LogP contribution is -2.28. The molecular formula is C30H30F3N9O2. The zero-order valence-corrected chi connectivity index (χ0v) is 23.8. The largest absolute Gasteiger partial charge is 0.416 e. The molecule has 2 fully saturated rings. The number of nitrogens with zero attached hydrogens (tertiary/aromatic N) is 7. The first-order chi connectivity index (χ1) is 21.1. The molecule has 1 aliphatic heterocycles. The molecule has 1 saturated heterocycles. The Kier molecular flexibility index (Phi) is 7.76. The Labute approximate surface area is 250 Å². The number of alkyl halides is 3. The molecule has 4 aromatic rings. The van der Waals surface area contributed by atoms with Gasteiger partial charge in [0.1, 0.15) is 23.7 Å². The van der Waals surface area contributed by atoms with Crippen molar-refractivity contribution in [3.8, 4) is 11.3 Å². The van der Waals surface area contributed by atoms with Crippen LogP contribution in [-0.2, 0) is 11.0 Å². The minimum Gasteiger partial charge on any atom is -0.383 e. The SMILES string of the molecule is CN(C/C=C/C(=O)N1CCC(n2nc(-c3ccc(C(=O)Nc4cc(C(F)(F)F)ccn4)cc3)c3c(N)ncnc32)C1)C1CC1. The number of anilines is 2. The van der Waals surface area contributed by atoms with Gasteiger partial charge in [-0.25, -0.2) is 19.6 Å². The van der Waals surface area contributed by atoms with E-state index in [4.69, 9.17) is 10.8 Å². The number of likely N-dealkylation sites (N-methyl/N-ethyl adjacent to an activating group) is 1. The highest BCUT2D eigenvalue weighted by Crippen LogP contribution is 2.34. The van der Waals surface area contributed by atoms with Gasteiger partial charge in [0.2, 0.25) is 5.91 Å². The number of benzene rings is 1. The molecular weight excluding hydrogens is 575 g/mol. The number of likely N-dealkylation sites (tertiary alicyclic amines) is 1. The van der Waals surface area contributed by atoms with E-state index < -0.39 is 17.6 Å². The van der Waals surface area contributed by atoms with Crippen molar-refractivity contribution in [1.29, 1.82) is 0 Å². The second-order valence-corrected chi connectivity index (χ2v) is 11.0. The third-order valence-corrected chi connectivity index (χ3v) is 7.91. The van der Waals surface area contributed by atoms with Crippen molar-refractivity contribution >= 4 is 34.5 Å². The minimum absolute atomic E-state index is 0.0447. The number of fused-ring (bicyclic) bond motifs is 1. The molecule has 3 aromatic heterocycles. The van der Waals surface area contributed by atoms with Crippen LogP contribution in [0.1, 0.15) is 41.2 Å². The number of nitrogens with two attached hydrogens (primary N) is 1. The van der Waals surface area contributed by atoms with E-state index in [9.17, 15) is 22.8 Å². The van der Waals surface area contributed by atoms with E-state index in [0.717, 1.165) is 24.9 Å². The summed E-state index contributed by atoms with van der Waals surface area (Å²) in [7, 11) is 2.06. The molecule has 1 unspecified atom stereocenters. The monoisotopic (exact) mass is 605 g/mol. The van der Waals surface area contributed by atoms with E-state index >= 15 is 0 Å². The van der Waals surface area contributed by atoms with E-state index in [1.807, 2.05) is 6.08 Å². The number of amides is 2. The number of carbonyl (C=O) groups is 2. The molecule has 3 N–H and O–H groups in total. The Balaban J connectivity index is 1.19. The van der Waals surface area contributed by atoms with Crippen molar-refractivity contribution in [2.24, 2.45) is 0 Å². The summed E-state index contributed by atoms with van der Waals surface area (Å²) in [4.78, 5) is 42.0. The number of carbonyl (C=O) groups excluding carboxylic acids is 2. The van der Waals surface area contributed by atoms with Gasteiger partial charge in [0, 0.05) is 49.1 Å². The number of hydrogen-bond acceptors (Lipinski definition) is 8. The quantitative estimate of drug-likeness (QED) is 0.286. The number of nitrogens with one attached hydrogen (secondary N) is 1. The van der Waals surface area contributed by atoms with Crippen molar-refractivity contribution in [2.45, 2.75) is 37.5 Å². The summed E-state index contributed by atoms with van der Waals surface area (Å²) in [5.74, 6) is -0.640. The number of hydrogen-bond donors (Lipinski definition) is 2. The molecule has 1 saturated carbocycles. The second-order valence-electron chi connectivity index (χ2n) is 11.0. The topological polar surface area (TPSA) is 135 Å². The number of rotatable bonds is 8. The fourth-order valence-electron chi connectivity index (χ4n) is 5.33. The van der Waals surface area contributed by atoms with Crippen LogP contribution in [0.2, 0.25) is 0 Å². The third kappa shape index (κ3) is 6.11. The van der Waals surface area contributed by atoms with Crippen molar-refractivity contribution in [1.82, 2.24) is 34.5 Å². The van der Waals surface area contributed by atoms with Crippen LogP contribution >= 0.6 is 0 Å². The first kappa shape index (κ1) is 29.2. The summed E-state index contributed by atoms with van der Waals surface area (Å²) in [6, 6.07) is 8.50. The van der Waals surface area contributed by atoms with Crippen LogP contribution < -0.4 is 11.1 Å². The molecule has 0 spiro atoms. The summed E-state index contributed by atoms with van der Waals surface area (Å²) < 4.78 is 40.9. The van der Waals surface area contributed by atoms with Gasteiger partial charge >= 0.3 is 6.18 Å². The van der Waals surface area contributed by atoms with Gasteiger partial charge in [0.15, 0.2) is 5.65 Å². The maximum atomic E-state index is 13.0. The van der Waals surface area contributed by atoms with E-state index in [1.165, 1.54) is 31.3 Å². The fraction of sp³-hybridized carbons (Fsp3) is 0.333. The van der Waals surface area contributed by atoms with Crippen LogP contribution in [0.15, 0.2) is 61.1 Å². The average Bonchev–Trinajstić information content (AvgIpc) is 3.61. The third-order valence-electron chi connectivity index (χ3n) is 7.91. The van der Waals surface area contributed by atoms with Gasteiger partial charge in [-0.2, -0.15) is 18.3 Å². The second kappa shape index (κ2) is 11.7. The van der Waals surface area contributed by atoms with Crippen LogP contribution in [-0.4, -0.2) is 79.1 Å². The minimum atomic E-state index is -4.56. The lowest BCUT2D eigenvalue weighted by Gasteiger charge is -2.16. The van der Waals surface area contributed by atoms with Gasteiger partial charge in [0.05, 0.1) is 17.0 Å². The Morgan fingerprint density at radius 1 is 1.11 bits per heavy atom. The van der Waals surface area contributed by atoms with Gasteiger partial charge in [-0.05, 0) is 50.6 Å². The van der Waals surface area contributed by atoms with Crippen LogP contribution in [0.5, 0.6) is 0 Å². The van der Waals surface area contributed by atoms with Gasteiger partial charge < -0.3 is 16.0 Å². The average molecular weight is 606 g/mol. The highest BCUT2D eigenvalue weighted by atomic mass is 19.4. The van der Waals surface area contributed by atoms with Crippen molar-refractivity contribution in [3.05, 3.63) is 72.2 Å². The van der Waals surface area contributed by atoms with Gasteiger partial charge in [-0.15, -0.1) is 0 Å². The van der Waals surface area contributed by atoms with Crippen molar-refractivity contribution < 1.29 is 22.8 Å². The molecule has 6 rings (SSSR count). The summed E-state index contributed by atoms with van der Waals surface area (Å²) in [5, 5.41) is 7.78. The Morgan fingerprint density at radius 3 is 2.61 bits per heavy atom. The first-order valence-corrected chi connectivity index (χ1v) is 14.2. The van der Waals surface area contributed by atoms with Crippen LogP contribution in [0.4, 0.5) is 24.8 Å². The van der Waals surface area contributed by atoms with Crippen LogP contribution in [0.3, 0.4) is 0 Å². The molecule has 1 aromatic carbocycles. The van der Waals surface area contributed by atoms with Gasteiger partial charge in [-0.3, -0.25) is 14.5 Å². The number of halogens is 3. The maximum Gasteiger partial charge on any atom is 0.416 e. The lowest BCUT2D eigenvalue weighted by molar-refractivity contribution is -0.137. The normalized spacial score (nSPS) is 17.2. The van der Waals surface area contributed by atoms with E-state index in [1.54, 1.807) is 27.8 Å². The lowest BCUT2D eigenvalue weighted by atomic mass is 10.1.